The van der Waals surface area contributed by atoms with Crippen molar-refractivity contribution in [3.8, 4) is 0 Å². The summed E-state index contributed by atoms with van der Waals surface area (Å²) in [5.74, 6) is 0.649. The standard InChI is InChI=1S/C19H24N2O.ClH/c20-17-9-3-5-14(11-17)13-21-19(22)12-16-8-4-7-15-6-1-2-10-18(15)16;/h1-2,4,6-8,10,14,17H,3,5,9,11-13,20H2,(H,21,22);1H. The summed E-state index contributed by atoms with van der Waals surface area (Å²) in [6, 6.07) is 14.7. The number of nitrogens with two attached hydrogens (primary N) is 1. The van der Waals surface area contributed by atoms with Gasteiger partial charge in [0.05, 0.1) is 6.42 Å². The number of hydrogen-bond acceptors (Lipinski definition) is 2. The van der Waals surface area contributed by atoms with Gasteiger partial charge in [0.2, 0.25) is 5.91 Å². The highest BCUT2D eigenvalue weighted by molar-refractivity contribution is 5.90. The van der Waals surface area contributed by atoms with Crippen LogP contribution in [0.2, 0.25) is 0 Å². The summed E-state index contributed by atoms with van der Waals surface area (Å²) in [6.45, 7) is 0.761. The number of rotatable bonds is 4. The molecule has 2 unspecified atom stereocenters. The molecule has 3 rings (SSSR count). The Labute approximate surface area is 144 Å². The molecule has 0 aromatic heterocycles. The lowest BCUT2D eigenvalue weighted by Gasteiger charge is -2.26. The molecular formula is C19H25ClN2O. The highest BCUT2D eigenvalue weighted by atomic mass is 35.5. The molecule has 4 heteroatoms. The zero-order chi connectivity index (χ0) is 15.4. The third-order valence-corrected chi connectivity index (χ3v) is 4.64. The second-order valence-electron chi connectivity index (χ2n) is 6.41. The normalized spacial score (nSPS) is 20.7. The molecule has 124 valence electrons. The summed E-state index contributed by atoms with van der Waals surface area (Å²) in [5.41, 5.74) is 7.10. The van der Waals surface area contributed by atoms with Crippen LogP contribution in [0.1, 0.15) is 31.2 Å². The largest absolute Gasteiger partial charge is 0.356 e. The van der Waals surface area contributed by atoms with Gasteiger partial charge in [-0.15, -0.1) is 12.4 Å². The average molecular weight is 333 g/mol. The second kappa shape index (κ2) is 8.32. The summed E-state index contributed by atoms with van der Waals surface area (Å²) < 4.78 is 0. The van der Waals surface area contributed by atoms with Gasteiger partial charge >= 0.3 is 0 Å². The molecule has 2 aromatic carbocycles. The predicted octanol–water partition coefficient (Wildman–Crippen LogP) is 3.44. The van der Waals surface area contributed by atoms with Gasteiger partial charge in [0.25, 0.3) is 0 Å². The van der Waals surface area contributed by atoms with Crippen LogP contribution in [0.25, 0.3) is 10.8 Å². The number of benzene rings is 2. The first-order valence-corrected chi connectivity index (χ1v) is 8.21. The molecule has 2 aromatic rings. The van der Waals surface area contributed by atoms with Gasteiger partial charge < -0.3 is 11.1 Å². The number of nitrogens with one attached hydrogen (secondary N) is 1. The average Bonchev–Trinajstić information content (AvgIpc) is 2.53. The third-order valence-electron chi connectivity index (χ3n) is 4.64. The van der Waals surface area contributed by atoms with Gasteiger partial charge in [0, 0.05) is 12.6 Å². The number of carbonyl (C=O) groups is 1. The first kappa shape index (κ1) is 17.8. The maximum atomic E-state index is 12.2. The summed E-state index contributed by atoms with van der Waals surface area (Å²) in [7, 11) is 0. The minimum atomic E-state index is 0. The quantitative estimate of drug-likeness (QED) is 0.901. The molecule has 0 radical (unpaired) electrons. The Hall–Kier alpha value is -1.58. The molecule has 0 aliphatic heterocycles. The van der Waals surface area contributed by atoms with E-state index >= 15 is 0 Å². The van der Waals surface area contributed by atoms with Crippen molar-refractivity contribution in [1.29, 1.82) is 0 Å². The fourth-order valence-corrected chi connectivity index (χ4v) is 3.46. The lowest BCUT2D eigenvalue weighted by atomic mass is 9.86. The van der Waals surface area contributed by atoms with Crippen molar-refractivity contribution in [1.82, 2.24) is 5.32 Å². The second-order valence-corrected chi connectivity index (χ2v) is 6.41. The molecule has 0 saturated heterocycles. The van der Waals surface area contributed by atoms with Crippen LogP contribution >= 0.6 is 12.4 Å². The minimum absolute atomic E-state index is 0. The van der Waals surface area contributed by atoms with Crippen molar-refractivity contribution in [2.75, 3.05) is 6.54 Å². The zero-order valence-corrected chi connectivity index (χ0v) is 14.1. The first-order valence-electron chi connectivity index (χ1n) is 8.21. The van der Waals surface area contributed by atoms with Crippen molar-refractivity contribution in [2.45, 2.75) is 38.1 Å². The van der Waals surface area contributed by atoms with E-state index in [2.05, 4.69) is 23.5 Å². The van der Waals surface area contributed by atoms with Crippen LogP contribution in [0.5, 0.6) is 0 Å². The maximum Gasteiger partial charge on any atom is 0.224 e. The highest BCUT2D eigenvalue weighted by Crippen LogP contribution is 2.22. The van der Waals surface area contributed by atoms with Crippen molar-refractivity contribution in [3.63, 3.8) is 0 Å². The van der Waals surface area contributed by atoms with E-state index in [4.69, 9.17) is 5.73 Å². The molecular weight excluding hydrogens is 308 g/mol. The van der Waals surface area contributed by atoms with E-state index in [0.717, 1.165) is 24.9 Å². The summed E-state index contributed by atoms with van der Waals surface area (Å²) in [6.07, 6.45) is 4.97. The summed E-state index contributed by atoms with van der Waals surface area (Å²) >= 11 is 0. The fourth-order valence-electron chi connectivity index (χ4n) is 3.46. The molecule has 1 amide bonds. The molecule has 3 nitrogen and oxygen atoms in total. The van der Waals surface area contributed by atoms with Crippen molar-refractivity contribution >= 4 is 29.1 Å². The SMILES string of the molecule is Cl.NC1CCCC(CNC(=O)Cc2cccc3ccccc23)C1. The Bertz CT molecular complexity index is 653. The van der Waals surface area contributed by atoms with E-state index in [9.17, 15) is 4.79 Å². The highest BCUT2D eigenvalue weighted by Gasteiger charge is 2.19. The molecule has 1 aliphatic rings. The summed E-state index contributed by atoms with van der Waals surface area (Å²) in [4.78, 5) is 12.2. The van der Waals surface area contributed by atoms with Crippen LogP contribution in [-0.4, -0.2) is 18.5 Å². The van der Waals surface area contributed by atoms with Gasteiger partial charge in [-0.2, -0.15) is 0 Å². The van der Waals surface area contributed by atoms with E-state index in [1.54, 1.807) is 0 Å². The van der Waals surface area contributed by atoms with E-state index in [0.29, 0.717) is 18.4 Å². The van der Waals surface area contributed by atoms with Gasteiger partial charge in [-0.3, -0.25) is 4.79 Å². The Morgan fingerprint density at radius 1 is 1.13 bits per heavy atom. The van der Waals surface area contributed by atoms with Gasteiger partial charge in [-0.1, -0.05) is 48.9 Å². The molecule has 23 heavy (non-hydrogen) atoms. The monoisotopic (exact) mass is 332 g/mol. The smallest absolute Gasteiger partial charge is 0.224 e. The molecule has 1 aliphatic carbocycles. The van der Waals surface area contributed by atoms with Crippen LogP contribution in [0, 0.1) is 5.92 Å². The van der Waals surface area contributed by atoms with E-state index in [-0.39, 0.29) is 18.3 Å². The predicted molar refractivity (Wildman–Crippen MR) is 97.8 cm³/mol. The lowest BCUT2D eigenvalue weighted by Crippen LogP contribution is -2.36. The zero-order valence-electron chi connectivity index (χ0n) is 13.3. The van der Waals surface area contributed by atoms with Crippen LogP contribution in [0.4, 0.5) is 0 Å². The number of amides is 1. The fraction of sp³-hybridized carbons (Fsp3) is 0.421. The molecule has 0 heterocycles. The molecule has 2 atom stereocenters. The Morgan fingerprint density at radius 2 is 1.91 bits per heavy atom. The van der Waals surface area contributed by atoms with Crippen molar-refractivity contribution < 1.29 is 4.79 Å². The molecule has 0 spiro atoms. The van der Waals surface area contributed by atoms with Crippen molar-refractivity contribution in [2.24, 2.45) is 11.7 Å². The number of carbonyl (C=O) groups excluding carboxylic acids is 1. The molecule has 0 bridgehead atoms. The van der Waals surface area contributed by atoms with Crippen LogP contribution in [0.3, 0.4) is 0 Å². The lowest BCUT2D eigenvalue weighted by molar-refractivity contribution is -0.120. The van der Waals surface area contributed by atoms with Gasteiger partial charge in [-0.05, 0) is 41.5 Å². The number of fused-ring (bicyclic) bond motifs is 1. The summed E-state index contributed by atoms with van der Waals surface area (Å²) in [5, 5.41) is 5.44. The Balaban J connectivity index is 0.00000192. The van der Waals surface area contributed by atoms with Crippen molar-refractivity contribution in [3.05, 3.63) is 48.0 Å². The van der Waals surface area contributed by atoms with E-state index in [1.165, 1.54) is 23.6 Å². The van der Waals surface area contributed by atoms with Crippen LogP contribution < -0.4 is 11.1 Å². The van der Waals surface area contributed by atoms with Gasteiger partial charge in [0.15, 0.2) is 0 Å². The van der Waals surface area contributed by atoms with Crippen LogP contribution in [0.15, 0.2) is 42.5 Å². The van der Waals surface area contributed by atoms with Gasteiger partial charge in [-0.25, -0.2) is 0 Å². The Morgan fingerprint density at radius 3 is 2.74 bits per heavy atom. The number of halogens is 1. The third kappa shape index (κ3) is 4.69. The minimum Gasteiger partial charge on any atom is -0.356 e. The first-order chi connectivity index (χ1) is 10.7. The van der Waals surface area contributed by atoms with E-state index in [1.807, 2.05) is 24.3 Å². The molecule has 3 N–H and O–H groups in total. The number of hydrogen-bond donors (Lipinski definition) is 2. The topological polar surface area (TPSA) is 55.1 Å². The van der Waals surface area contributed by atoms with Gasteiger partial charge in [0.1, 0.15) is 0 Å². The molecule has 1 saturated carbocycles. The van der Waals surface area contributed by atoms with E-state index < -0.39 is 0 Å². The maximum absolute atomic E-state index is 12.2. The van der Waals surface area contributed by atoms with Crippen LogP contribution in [-0.2, 0) is 11.2 Å². The Kier molecular flexibility index (Phi) is 6.43. The molecule has 1 fully saturated rings.